The molecule has 7 nitrogen and oxygen atoms in total. The highest BCUT2D eigenvalue weighted by Crippen LogP contribution is 2.31. The summed E-state index contributed by atoms with van der Waals surface area (Å²) in [6.07, 6.45) is 1.41. The van der Waals surface area contributed by atoms with Crippen LogP contribution in [0.4, 0.5) is 14.7 Å². The van der Waals surface area contributed by atoms with Gasteiger partial charge in [0.25, 0.3) is 0 Å². The van der Waals surface area contributed by atoms with Crippen molar-refractivity contribution in [2.24, 2.45) is 0 Å². The van der Waals surface area contributed by atoms with Crippen molar-refractivity contribution in [3.8, 4) is 28.3 Å². The minimum atomic E-state index is -0.774. The van der Waals surface area contributed by atoms with E-state index in [1.54, 1.807) is 0 Å². The predicted molar refractivity (Wildman–Crippen MR) is 94.7 cm³/mol. The molecule has 0 unspecified atom stereocenters. The largest absolute Gasteiger partial charge is 0.368 e. The van der Waals surface area contributed by atoms with E-state index >= 15 is 0 Å². The number of tetrazole rings is 1. The fourth-order valence-electron chi connectivity index (χ4n) is 2.66. The average molecular weight is 365 g/mol. The topological polar surface area (TPSA) is 95.4 Å². The maximum absolute atomic E-state index is 14.4. The number of nitrogens with zero attached hydrogens (tertiary/aromatic N) is 6. The van der Waals surface area contributed by atoms with E-state index in [1.165, 1.54) is 16.9 Å². The van der Waals surface area contributed by atoms with Gasteiger partial charge < -0.3 is 5.73 Å². The Balaban J connectivity index is 1.92. The first-order valence-electron chi connectivity index (χ1n) is 7.96. The molecule has 134 valence electrons. The van der Waals surface area contributed by atoms with Gasteiger partial charge in [-0.05, 0) is 41.6 Å². The van der Waals surface area contributed by atoms with E-state index in [0.29, 0.717) is 17.1 Å². The highest BCUT2D eigenvalue weighted by Gasteiger charge is 2.20. The lowest BCUT2D eigenvalue weighted by Gasteiger charge is -2.10. The van der Waals surface area contributed by atoms with Gasteiger partial charge in [-0.3, -0.25) is 0 Å². The fraction of sp³-hybridized carbons (Fsp3) is 0.0556. The fourth-order valence-corrected chi connectivity index (χ4v) is 2.66. The second kappa shape index (κ2) is 6.52. The average Bonchev–Trinajstić information content (AvgIpc) is 3.12. The van der Waals surface area contributed by atoms with Crippen molar-refractivity contribution < 1.29 is 8.78 Å². The van der Waals surface area contributed by atoms with Crippen LogP contribution in [0.25, 0.3) is 28.3 Å². The van der Waals surface area contributed by atoms with Crippen molar-refractivity contribution in [1.82, 2.24) is 30.2 Å². The second-order valence-corrected chi connectivity index (χ2v) is 5.86. The van der Waals surface area contributed by atoms with Crippen LogP contribution < -0.4 is 5.73 Å². The number of hydrogen-bond acceptors (Lipinski definition) is 6. The highest BCUT2D eigenvalue weighted by molar-refractivity contribution is 5.78. The second-order valence-electron chi connectivity index (χ2n) is 5.86. The third-order valence-electron chi connectivity index (χ3n) is 3.98. The molecule has 9 heteroatoms. The van der Waals surface area contributed by atoms with Gasteiger partial charge in [-0.25, -0.2) is 18.7 Å². The van der Waals surface area contributed by atoms with Gasteiger partial charge in [0.05, 0.1) is 16.9 Å². The summed E-state index contributed by atoms with van der Waals surface area (Å²) in [6, 6.07) is 10.7. The summed E-state index contributed by atoms with van der Waals surface area (Å²) in [6.45, 7) is 1.97. The van der Waals surface area contributed by atoms with Gasteiger partial charge in [0.2, 0.25) is 5.95 Å². The molecule has 0 spiro atoms. The maximum Gasteiger partial charge on any atom is 0.220 e. The molecule has 2 N–H and O–H groups in total. The van der Waals surface area contributed by atoms with Gasteiger partial charge in [-0.15, -0.1) is 5.10 Å². The van der Waals surface area contributed by atoms with Crippen LogP contribution in [0.5, 0.6) is 0 Å². The van der Waals surface area contributed by atoms with E-state index < -0.39 is 11.6 Å². The zero-order valence-corrected chi connectivity index (χ0v) is 14.1. The van der Waals surface area contributed by atoms with Crippen LogP contribution in [0, 0.1) is 18.6 Å². The number of hydrogen-bond donors (Lipinski definition) is 1. The maximum atomic E-state index is 14.4. The van der Waals surface area contributed by atoms with Crippen molar-refractivity contribution >= 4 is 5.95 Å². The van der Waals surface area contributed by atoms with E-state index in [0.717, 1.165) is 17.7 Å². The lowest BCUT2D eigenvalue weighted by molar-refractivity contribution is 0.585. The summed E-state index contributed by atoms with van der Waals surface area (Å²) in [5, 5.41) is 11.7. The Kier molecular flexibility index (Phi) is 4.03. The van der Waals surface area contributed by atoms with Crippen molar-refractivity contribution in [3.63, 3.8) is 0 Å². The van der Waals surface area contributed by atoms with E-state index in [2.05, 4.69) is 25.5 Å². The number of halogens is 2. The molecule has 2 aromatic heterocycles. The van der Waals surface area contributed by atoms with Gasteiger partial charge in [0.15, 0.2) is 5.82 Å². The van der Waals surface area contributed by atoms with E-state index in [9.17, 15) is 8.78 Å². The van der Waals surface area contributed by atoms with Crippen molar-refractivity contribution in [2.75, 3.05) is 5.73 Å². The number of rotatable bonds is 3. The predicted octanol–water partition coefficient (Wildman–Crippen LogP) is 2.96. The van der Waals surface area contributed by atoms with Crippen molar-refractivity contribution in [1.29, 1.82) is 0 Å². The Morgan fingerprint density at radius 1 is 1.00 bits per heavy atom. The Morgan fingerprint density at radius 2 is 1.78 bits per heavy atom. The van der Waals surface area contributed by atoms with Crippen LogP contribution in [0.15, 0.2) is 48.7 Å². The number of nitrogens with two attached hydrogens (primary N) is 1. The smallest absolute Gasteiger partial charge is 0.220 e. The molecular formula is C18H13F2N7. The summed E-state index contributed by atoms with van der Waals surface area (Å²) in [5.41, 5.74) is 8.08. The van der Waals surface area contributed by atoms with Gasteiger partial charge in [0, 0.05) is 17.8 Å². The van der Waals surface area contributed by atoms with Crippen molar-refractivity contribution in [2.45, 2.75) is 6.92 Å². The van der Waals surface area contributed by atoms with Gasteiger partial charge in [-0.1, -0.05) is 17.7 Å². The first-order valence-corrected chi connectivity index (χ1v) is 7.96. The number of anilines is 1. The van der Waals surface area contributed by atoms with Crippen LogP contribution >= 0.6 is 0 Å². The third kappa shape index (κ3) is 3.10. The van der Waals surface area contributed by atoms with Crippen LogP contribution in [-0.2, 0) is 0 Å². The molecule has 0 aliphatic heterocycles. The molecule has 0 bridgehead atoms. The SMILES string of the molecule is Cc1ccc(-n2nnnc2-c2cnc(N)nc2-c2ccc(F)cc2F)cc1. The number of nitrogen functional groups attached to an aromatic ring is 1. The van der Waals surface area contributed by atoms with E-state index in [1.807, 2.05) is 31.2 Å². The quantitative estimate of drug-likeness (QED) is 0.600. The molecule has 4 aromatic rings. The first-order chi connectivity index (χ1) is 13.0. The zero-order valence-electron chi connectivity index (χ0n) is 14.1. The van der Waals surface area contributed by atoms with Gasteiger partial charge in [-0.2, -0.15) is 4.68 Å². The lowest BCUT2D eigenvalue weighted by Crippen LogP contribution is -2.05. The number of benzene rings is 2. The summed E-state index contributed by atoms with van der Waals surface area (Å²) in [5.74, 6) is -1.21. The van der Waals surface area contributed by atoms with Crippen LogP contribution in [0.3, 0.4) is 0 Å². The summed E-state index contributed by atoms with van der Waals surface area (Å²) < 4.78 is 29.1. The van der Waals surface area contributed by atoms with E-state index in [-0.39, 0.29) is 17.2 Å². The Labute approximate surface area is 152 Å². The molecule has 27 heavy (non-hydrogen) atoms. The third-order valence-corrected chi connectivity index (χ3v) is 3.98. The molecular weight excluding hydrogens is 352 g/mol. The summed E-state index contributed by atoms with van der Waals surface area (Å²) in [7, 11) is 0. The lowest BCUT2D eigenvalue weighted by atomic mass is 10.1. The summed E-state index contributed by atoms with van der Waals surface area (Å²) >= 11 is 0. The van der Waals surface area contributed by atoms with Crippen LogP contribution in [0.1, 0.15) is 5.56 Å². The molecule has 0 atom stereocenters. The first kappa shape index (κ1) is 16.7. The molecule has 0 aliphatic carbocycles. The number of aryl methyl sites for hydroxylation is 1. The minimum absolute atomic E-state index is 0.0492. The molecule has 0 radical (unpaired) electrons. The molecule has 2 heterocycles. The monoisotopic (exact) mass is 365 g/mol. The van der Waals surface area contributed by atoms with Crippen molar-refractivity contribution in [3.05, 3.63) is 65.9 Å². The zero-order chi connectivity index (χ0) is 19.0. The van der Waals surface area contributed by atoms with Crippen LogP contribution in [0.2, 0.25) is 0 Å². The van der Waals surface area contributed by atoms with Gasteiger partial charge in [0.1, 0.15) is 11.6 Å². The highest BCUT2D eigenvalue weighted by atomic mass is 19.1. The molecule has 0 aliphatic rings. The Morgan fingerprint density at radius 3 is 2.52 bits per heavy atom. The van der Waals surface area contributed by atoms with E-state index in [4.69, 9.17) is 5.73 Å². The normalized spacial score (nSPS) is 10.9. The molecule has 0 amide bonds. The summed E-state index contributed by atoms with van der Waals surface area (Å²) in [4.78, 5) is 8.11. The minimum Gasteiger partial charge on any atom is -0.368 e. The molecule has 0 saturated heterocycles. The molecule has 4 rings (SSSR count). The number of aromatic nitrogens is 6. The van der Waals surface area contributed by atoms with Crippen LogP contribution in [-0.4, -0.2) is 30.2 Å². The standard InChI is InChI=1S/C18H13F2N7/c1-10-2-5-12(6-3-10)27-17(24-25-26-27)14-9-22-18(21)23-16(14)13-7-4-11(19)8-15(13)20/h2-9H,1H3,(H2,21,22,23). The molecule has 2 aromatic carbocycles. The van der Waals surface area contributed by atoms with Gasteiger partial charge >= 0.3 is 0 Å². The molecule has 0 fully saturated rings. The molecule has 0 saturated carbocycles. The Bertz CT molecular complexity index is 1120. The Hall–Kier alpha value is -3.75.